The third-order valence-corrected chi connectivity index (χ3v) is 3.19. The van der Waals surface area contributed by atoms with Gasteiger partial charge in [-0.25, -0.2) is 4.79 Å². The van der Waals surface area contributed by atoms with Crippen LogP contribution in [0.25, 0.3) is 0 Å². The van der Waals surface area contributed by atoms with Gasteiger partial charge in [0.2, 0.25) is 11.8 Å². The Bertz CT molecular complexity index is 771. The molecule has 6 nitrogen and oxygen atoms in total. The summed E-state index contributed by atoms with van der Waals surface area (Å²) in [5.41, 5.74) is 2.39. The quantitative estimate of drug-likeness (QED) is 0.653. The fourth-order valence-corrected chi connectivity index (χ4v) is 2.12. The van der Waals surface area contributed by atoms with Crippen LogP contribution in [0.2, 0.25) is 0 Å². The topological polar surface area (TPSA) is 84.5 Å². The minimum Gasteiger partial charge on any atom is -0.465 e. The minimum absolute atomic E-state index is 0.319. The van der Waals surface area contributed by atoms with E-state index in [-0.39, 0.29) is 6.42 Å². The van der Waals surface area contributed by atoms with Crippen molar-refractivity contribution in [2.24, 2.45) is 0 Å². The van der Waals surface area contributed by atoms with Crippen molar-refractivity contribution in [1.29, 1.82) is 0 Å². The maximum Gasteiger partial charge on any atom is 0.337 e. The average molecular weight is 326 g/mol. The summed E-state index contributed by atoms with van der Waals surface area (Å²) in [5, 5.41) is 5.25. The number of nitrogens with one attached hydrogen (secondary N) is 2. The van der Waals surface area contributed by atoms with Crippen molar-refractivity contribution in [3.63, 3.8) is 0 Å². The number of amides is 2. The summed E-state index contributed by atoms with van der Waals surface area (Å²) in [6, 6.07) is 13.6. The van der Waals surface area contributed by atoms with Crippen LogP contribution in [-0.2, 0) is 14.3 Å². The van der Waals surface area contributed by atoms with Gasteiger partial charge in [-0.05, 0) is 42.8 Å². The molecule has 0 unspecified atom stereocenters. The maximum absolute atomic E-state index is 11.9. The first-order chi connectivity index (χ1) is 11.5. The maximum atomic E-state index is 11.9. The van der Waals surface area contributed by atoms with Crippen LogP contribution in [0, 0.1) is 6.92 Å². The summed E-state index contributed by atoms with van der Waals surface area (Å²) < 4.78 is 4.62. The van der Waals surface area contributed by atoms with E-state index in [0.29, 0.717) is 16.9 Å². The number of carbonyl (C=O) groups is 3. The molecular formula is C18H18N2O4. The van der Waals surface area contributed by atoms with Gasteiger partial charge in [-0.2, -0.15) is 0 Å². The normalized spacial score (nSPS) is 9.92. The summed E-state index contributed by atoms with van der Waals surface area (Å²) in [6.45, 7) is 1.91. The molecule has 0 spiro atoms. The molecule has 124 valence electrons. The second kappa shape index (κ2) is 7.92. The van der Waals surface area contributed by atoms with Crippen molar-refractivity contribution in [3.8, 4) is 0 Å². The predicted octanol–water partition coefficient (Wildman–Crippen LogP) is 2.75. The van der Waals surface area contributed by atoms with Crippen molar-refractivity contribution in [3.05, 3.63) is 59.7 Å². The molecule has 2 amide bonds. The Kier molecular flexibility index (Phi) is 5.68. The molecule has 0 aromatic heterocycles. The fraction of sp³-hybridized carbons (Fsp3) is 0.167. The number of carbonyl (C=O) groups excluding carboxylic acids is 3. The summed E-state index contributed by atoms with van der Waals surface area (Å²) >= 11 is 0. The number of benzene rings is 2. The Morgan fingerprint density at radius 1 is 0.917 bits per heavy atom. The lowest BCUT2D eigenvalue weighted by molar-refractivity contribution is -0.123. The van der Waals surface area contributed by atoms with Crippen LogP contribution in [-0.4, -0.2) is 24.9 Å². The van der Waals surface area contributed by atoms with Crippen LogP contribution in [0.4, 0.5) is 11.4 Å². The molecule has 2 rings (SSSR count). The molecule has 0 bridgehead atoms. The Balaban J connectivity index is 1.93. The van der Waals surface area contributed by atoms with Gasteiger partial charge in [-0.3, -0.25) is 9.59 Å². The van der Waals surface area contributed by atoms with E-state index in [4.69, 9.17) is 0 Å². The number of ether oxygens (including phenoxy) is 1. The van der Waals surface area contributed by atoms with E-state index in [1.807, 2.05) is 25.1 Å². The van der Waals surface area contributed by atoms with Gasteiger partial charge in [0.1, 0.15) is 6.42 Å². The highest BCUT2D eigenvalue weighted by Gasteiger charge is 2.11. The summed E-state index contributed by atoms with van der Waals surface area (Å²) in [7, 11) is 1.28. The van der Waals surface area contributed by atoms with Gasteiger partial charge < -0.3 is 15.4 Å². The summed E-state index contributed by atoms with van der Waals surface area (Å²) in [4.78, 5) is 35.3. The Morgan fingerprint density at radius 3 is 2.08 bits per heavy atom. The zero-order chi connectivity index (χ0) is 17.5. The lowest BCUT2D eigenvalue weighted by Crippen LogP contribution is -2.21. The van der Waals surface area contributed by atoms with E-state index in [1.54, 1.807) is 24.3 Å². The van der Waals surface area contributed by atoms with Crippen LogP contribution >= 0.6 is 0 Å². The summed E-state index contributed by atoms with van der Waals surface area (Å²) in [6.07, 6.45) is -0.323. The molecule has 0 heterocycles. The van der Waals surface area contributed by atoms with Crippen molar-refractivity contribution >= 4 is 29.2 Å². The molecule has 0 saturated heterocycles. The van der Waals surface area contributed by atoms with Gasteiger partial charge in [-0.1, -0.05) is 18.2 Å². The molecule has 2 N–H and O–H groups in total. The molecule has 0 fully saturated rings. The second-order valence-electron chi connectivity index (χ2n) is 5.21. The fourth-order valence-electron chi connectivity index (χ4n) is 2.12. The van der Waals surface area contributed by atoms with Gasteiger partial charge in [0.05, 0.1) is 12.7 Å². The molecule has 6 heteroatoms. The van der Waals surface area contributed by atoms with Crippen LogP contribution in [0.5, 0.6) is 0 Å². The second-order valence-corrected chi connectivity index (χ2v) is 5.21. The number of aryl methyl sites for hydroxylation is 1. The van der Waals surface area contributed by atoms with Crippen molar-refractivity contribution in [1.82, 2.24) is 0 Å². The average Bonchev–Trinajstić information content (AvgIpc) is 2.54. The summed E-state index contributed by atoms with van der Waals surface area (Å²) in [5.74, 6) is -1.38. The lowest BCUT2D eigenvalue weighted by atomic mass is 10.2. The van der Waals surface area contributed by atoms with Crippen LogP contribution in [0.15, 0.2) is 48.5 Å². The first kappa shape index (κ1) is 17.2. The number of esters is 1. The van der Waals surface area contributed by atoms with Gasteiger partial charge in [-0.15, -0.1) is 0 Å². The smallest absolute Gasteiger partial charge is 0.337 e. The first-order valence-electron chi connectivity index (χ1n) is 7.32. The third-order valence-electron chi connectivity index (χ3n) is 3.19. The number of rotatable bonds is 5. The molecule has 0 aliphatic heterocycles. The lowest BCUT2D eigenvalue weighted by Gasteiger charge is -2.08. The number of hydrogen-bond acceptors (Lipinski definition) is 4. The molecule has 24 heavy (non-hydrogen) atoms. The van der Waals surface area contributed by atoms with E-state index in [0.717, 1.165) is 5.56 Å². The molecule has 2 aromatic rings. The highest BCUT2D eigenvalue weighted by Crippen LogP contribution is 2.13. The van der Waals surface area contributed by atoms with Gasteiger partial charge in [0.15, 0.2) is 0 Å². The Morgan fingerprint density at radius 2 is 1.50 bits per heavy atom. The first-order valence-corrected chi connectivity index (χ1v) is 7.32. The van der Waals surface area contributed by atoms with Gasteiger partial charge >= 0.3 is 5.97 Å². The molecule has 2 aromatic carbocycles. The van der Waals surface area contributed by atoms with E-state index >= 15 is 0 Å². The molecular weight excluding hydrogens is 308 g/mol. The number of anilines is 2. The molecule has 0 atom stereocenters. The molecule has 0 radical (unpaired) electrons. The standard InChI is InChI=1S/C18H18N2O4/c1-12-5-3-7-14(9-12)19-16(21)11-17(22)20-15-8-4-6-13(10-15)18(23)24-2/h3-10H,11H2,1-2H3,(H,19,21)(H,20,22). The van der Waals surface area contributed by atoms with Gasteiger partial charge in [0.25, 0.3) is 0 Å². The van der Waals surface area contributed by atoms with E-state index < -0.39 is 17.8 Å². The Labute approximate surface area is 139 Å². The highest BCUT2D eigenvalue weighted by molar-refractivity contribution is 6.08. The van der Waals surface area contributed by atoms with Crippen LogP contribution in [0.3, 0.4) is 0 Å². The van der Waals surface area contributed by atoms with Crippen LogP contribution in [0.1, 0.15) is 22.3 Å². The molecule has 0 saturated carbocycles. The highest BCUT2D eigenvalue weighted by atomic mass is 16.5. The van der Waals surface area contributed by atoms with E-state index in [1.165, 1.54) is 13.2 Å². The van der Waals surface area contributed by atoms with Crippen molar-refractivity contribution < 1.29 is 19.1 Å². The number of methoxy groups -OCH3 is 1. The third kappa shape index (κ3) is 4.95. The number of hydrogen-bond donors (Lipinski definition) is 2. The predicted molar refractivity (Wildman–Crippen MR) is 90.8 cm³/mol. The minimum atomic E-state index is -0.497. The van der Waals surface area contributed by atoms with Crippen LogP contribution < -0.4 is 10.6 Å². The molecule has 0 aliphatic rings. The van der Waals surface area contributed by atoms with E-state index in [2.05, 4.69) is 15.4 Å². The van der Waals surface area contributed by atoms with Gasteiger partial charge in [0, 0.05) is 11.4 Å². The Hall–Kier alpha value is -3.15. The largest absolute Gasteiger partial charge is 0.465 e. The monoisotopic (exact) mass is 326 g/mol. The zero-order valence-corrected chi connectivity index (χ0v) is 13.5. The zero-order valence-electron chi connectivity index (χ0n) is 13.5. The molecule has 0 aliphatic carbocycles. The van der Waals surface area contributed by atoms with E-state index in [9.17, 15) is 14.4 Å². The van der Waals surface area contributed by atoms with Crippen molar-refractivity contribution in [2.75, 3.05) is 17.7 Å². The van der Waals surface area contributed by atoms with Crippen molar-refractivity contribution in [2.45, 2.75) is 13.3 Å². The SMILES string of the molecule is COC(=O)c1cccc(NC(=O)CC(=O)Nc2cccc(C)c2)c1.